The second-order valence-corrected chi connectivity index (χ2v) is 10.0. The second kappa shape index (κ2) is 13.5. The molecular weight excluding hydrogens is 560 g/mol. The van der Waals surface area contributed by atoms with Gasteiger partial charge >= 0.3 is 0 Å². The molecule has 2 aromatic carbocycles. The molecular formula is C28H38O14. The number of aromatic hydroxyl groups is 1. The molecule has 0 radical (unpaired) electrons. The molecule has 0 saturated carbocycles. The molecule has 0 aliphatic carbocycles. The third kappa shape index (κ3) is 5.76. The highest BCUT2D eigenvalue weighted by Gasteiger charge is 2.47. The summed E-state index contributed by atoms with van der Waals surface area (Å²) in [6.45, 7) is -1.30. The molecule has 42 heavy (non-hydrogen) atoms. The predicted molar refractivity (Wildman–Crippen MR) is 143 cm³/mol. The Kier molecular flexibility index (Phi) is 10.2. The zero-order valence-corrected chi connectivity index (χ0v) is 23.6. The molecule has 4 rings (SSSR count). The highest BCUT2D eigenvalue weighted by Crippen LogP contribution is 2.53. The summed E-state index contributed by atoms with van der Waals surface area (Å²) in [7, 11) is 5.52. The molecule has 7 N–H and O–H groups in total. The van der Waals surface area contributed by atoms with Gasteiger partial charge in [0.15, 0.2) is 23.0 Å². The van der Waals surface area contributed by atoms with Gasteiger partial charge < -0.3 is 68.9 Å². The largest absolute Gasteiger partial charge is 0.502 e. The fourth-order valence-corrected chi connectivity index (χ4v) is 5.46. The normalized spacial score (nSPS) is 31.0. The first-order valence-corrected chi connectivity index (χ1v) is 13.2. The van der Waals surface area contributed by atoms with E-state index in [2.05, 4.69) is 0 Å². The van der Waals surface area contributed by atoms with Crippen molar-refractivity contribution in [2.45, 2.75) is 42.9 Å². The second-order valence-electron chi connectivity index (χ2n) is 10.0. The maximum Gasteiger partial charge on any atom is 0.229 e. The Hall–Kier alpha value is -3.08. The lowest BCUT2D eigenvalue weighted by molar-refractivity contribution is -0.277. The third-order valence-corrected chi connectivity index (χ3v) is 7.77. The molecule has 0 bridgehead atoms. The average Bonchev–Trinajstić information content (AvgIpc) is 3.39. The van der Waals surface area contributed by atoms with Crippen LogP contribution in [0.1, 0.15) is 23.3 Å². The van der Waals surface area contributed by atoms with E-state index in [4.69, 9.17) is 33.2 Å². The molecule has 9 atom stereocenters. The monoisotopic (exact) mass is 598 g/mol. The van der Waals surface area contributed by atoms with Crippen LogP contribution in [-0.2, 0) is 9.47 Å². The van der Waals surface area contributed by atoms with E-state index in [1.807, 2.05) is 0 Å². The molecule has 0 amide bonds. The lowest BCUT2D eigenvalue weighted by atomic mass is 9.83. The quantitative estimate of drug-likeness (QED) is 0.176. The van der Waals surface area contributed by atoms with E-state index in [0.29, 0.717) is 11.1 Å². The molecule has 2 fully saturated rings. The number of ether oxygens (including phenoxy) is 7. The molecule has 2 heterocycles. The van der Waals surface area contributed by atoms with Gasteiger partial charge in [0.05, 0.1) is 47.3 Å². The summed E-state index contributed by atoms with van der Waals surface area (Å²) in [5.74, 6) is -0.814. The van der Waals surface area contributed by atoms with Crippen LogP contribution in [0.4, 0.5) is 0 Å². The third-order valence-electron chi connectivity index (χ3n) is 7.77. The van der Waals surface area contributed by atoms with Gasteiger partial charge in [0.1, 0.15) is 24.4 Å². The van der Waals surface area contributed by atoms with Crippen LogP contribution in [-0.4, -0.2) is 115 Å². The van der Waals surface area contributed by atoms with Crippen molar-refractivity contribution in [1.82, 2.24) is 0 Å². The summed E-state index contributed by atoms with van der Waals surface area (Å²) in [6.07, 6.45) is -9.07. The van der Waals surface area contributed by atoms with E-state index in [9.17, 15) is 35.7 Å². The number of hydrogen-bond donors (Lipinski definition) is 7. The number of aliphatic hydroxyl groups is 6. The molecule has 2 saturated heterocycles. The zero-order valence-electron chi connectivity index (χ0n) is 23.6. The van der Waals surface area contributed by atoms with Crippen LogP contribution < -0.4 is 23.7 Å². The maximum atomic E-state index is 10.5. The van der Waals surface area contributed by atoms with E-state index >= 15 is 0 Å². The summed E-state index contributed by atoms with van der Waals surface area (Å²) < 4.78 is 39.4. The SMILES string of the molecule is COc1cc([C@@H]2O[C@@H](c3cc(OC)c(O[C@@H]4O[C@H](CO)[C@H](O)[C@H](O)[C@H]4O)c(OC)c3)[C@H](CO)[C@H]2CO)cc(OC)c1O. The molecule has 0 aromatic heterocycles. The molecule has 0 spiro atoms. The van der Waals surface area contributed by atoms with Crippen LogP contribution >= 0.6 is 0 Å². The highest BCUT2D eigenvalue weighted by atomic mass is 16.7. The summed E-state index contributed by atoms with van der Waals surface area (Å²) >= 11 is 0. The van der Waals surface area contributed by atoms with Crippen molar-refractivity contribution in [1.29, 1.82) is 0 Å². The van der Waals surface area contributed by atoms with Crippen molar-refractivity contribution in [2.24, 2.45) is 11.8 Å². The van der Waals surface area contributed by atoms with Gasteiger partial charge in [0.2, 0.25) is 17.8 Å². The Balaban J connectivity index is 1.70. The Morgan fingerprint density at radius 2 is 1.07 bits per heavy atom. The fourth-order valence-electron chi connectivity index (χ4n) is 5.46. The number of aliphatic hydroxyl groups excluding tert-OH is 6. The Labute approximate surface area is 242 Å². The first-order valence-electron chi connectivity index (χ1n) is 13.2. The van der Waals surface area contributed by atoms with E-state index in [1.54, 1.807) is 24.3 Å². The minimum Gasteiger partial charge on any atom is -0.502 e. The summed E-state index contributed by atoms with van der Waals surface area (Å²) in [5.41, 5.74) is 1.05. The number of methoxy groups -OCH3 is 4. The van der Waals surface area contributed by atoms with E-state index < -0.39 is 61.4 Å². The number of benzene rings is 2. The number of hydrogen-bond acceptors (Lipinski definition) is 14. The molecule has 0 unspecified atom stereocenters. The smallest absolute Gasteiger partial charge is 0.229 e. The topological polar surface area (TPSA) is 206 Å². The van der Waals surface area contributed by atoms with Crippen molar-refractivity contribution in [3.63, 3.8) is 0 Å². The first kappa shape index (κ1) is 31.8. The summed E-state index contributed by atoms with van der Waals surface area (Å²) in [4.78, 5) is 0. The molecule has 14 heteroatoms. The molecule has 2 aromatic rings. The molecule has 2 aliphatic rings. The lowest BCUT2D eigenvalue weighted by Crippen LogP contribution is -2.60. The summed E-state index contributed by atoms with van der Waals surface area (Å²) in [5, 5.41) is 71.3. The Bertz CT molecular complexity index is 1160. The van der Waals surface area contributed by atoms with Gasteiger partial charge in [-0.3, -0.25) is 0 Å². The fraction of sp³-hybridized carbons (Fsp3) is 0.571. The van der Waals surface area contributed by atoms with Gasteiger partial charge in [-0.25, -0.2) is 0 Å². The van der Waals surface area contributed by atoms with Gasteiger partial charge in [-0.2, -0.15) is 0 Å². The van der Waals surface area contributed by atoms with Crippen LogP contribution in [0.2, 0.25) is 0 Å². The Morgan fingerprint density at radius 1 is 0.619 bits per heavy atom. The van der Waals surface area contributed by atoms with Crippen molar-refractivity contribution < 1.29 is 68.9 Å². The highest BCUT2D eigenvalue weighted by molar-refractivity contribution is 5.55. The standard InChI is InChI=1S/C28H38O14/c1-36-16-5-12(6-17(37-2)21(16)32)25-14(9-29)15(10-30)26(41-25)13-7-18(38-3)27(19(8-13)39-4)42-28-24(35)23(34)22(33)20(11-31)40-28/h5-8,14-15,20,22-26,28-35H,9-11H2,1-4H3/t14-,15-,20-,22+,23+,24-,25+,26+,28+/m1/s1. The summed E-state index contributed by atoms with van der Waals surface area (Å²) in [6, 6.07) is 6.29. The van der Waals surface area contributed by atoms with Crippen LogP contribution in [0.3, 0.4) is 0 Å². The molecule has 2 aliphatic heterocycles. The molecule has 14 nitrogen and oxygen atoms in total. The van der Waals surface area contributed by atoms with Crippen LogP contribution in [0.5, 0.6) is 34.5 Å². The number of phenolic OH excluding ortho intramolecular Hbond substituents is 1. The minimum atomic E-state index is -1.67. The number of rotatable bonds is 11. The molecule has 234 valence electrons. The average molecular weight is 599 g/mol. The maximum absolute atomic E-state index is 10.5. The van der Waals surface area contributed by atoms with Crippen LogP contribution in [0.25, 0.3) is 0 Å². The van der Waals surface area contributed by atoms with Gasteiger partial charge in [-0.1, -0.05) is 0 Å². The van der Waals surface area contributed by atoms with Gasteiger partial charge in [0, 0.05) is 25.0 Å². The van der Waals surface area contributed by atoms with Crippen LogP contribution in [0.15, 0.2) is 24.3 Å². The lowest BCUT2D eigenvalue weighted by Gasteiger charge is -2.39. The predicted octanol–water partition coefficient (Wildman–Crippen LogP) is -0.365. The van der Waals surface area contributed by atoms with Gasteiger partial charge in [0.25, 0.3) is 0 Å². The van der Waals surface area contributed by atoms with E-state index in [0.717, 1.165) is 0 Å². The van der Waals surface area contributed by atoms with Gasteiger partial charge in [-0.15, -0.1) is 0 Å². The van der Waals surface area contributed by atoms with E-state index in [1.165, 1.54) is 28.4 Å². The van der Waals surface area contributed by atoms with Crippen molar-refractivity contribution in [2.75, 3.05) is 48.3 Å². The van der Waals surface area contributed by atoms with E-state index in [-0.39, 0.29) is 47.7 Å². The van der Waals surface area contributed by atoms with Gasteiger partial charge in [-0.05, 0) is 35.4 Å². The Morgan fingerprint density at radius 3 is 1.48 bits per heavy atom. The number of phenols is 1. The zero-order chi connectivity index (χ0) is 30.7. The minimum absolute atomic E-state index is 0.00473. The van der Waals surface area contributed by atoms with Crippen LogP contribution in [0, 0.1) is 11.8 Å². The first-order chi connectivity index (χ1) is 20.2. The van der Waals surface area contributed by atoms with Crippen molar-refractivity contribution in [3.05, 3.63) is 35.4 Å². The van der Waals surface area contributed by atoms with Crippen molar-refractivity contribution in [3.8, 4) is 34.5 Å². The van der Waals surface area contributed by atoms with Crippen molar-refractivity contribution >= 4 is 0 Å².